The third-order valence-corrected chi connectivity index (χ3v) is 3.38. The maximum atomic E-state index is 12.4. The van der Waals surface area contributed by atoms with Gasteiger partial charge in [-0.1, -0.05) is 6.07 Å². The maximum absolute atomic E-state index is 12.4. The second-order valence-electron chi connectivity index (χ2n) is 7.29. The molecule has 0 saturated heterocycles. The molecule has 1 aromatic heterocycles. The molecule has 0 saturated carbocycles. The van der Waals surface area contributed by atoms with Crippen molar-refractivity contribution in [3.8, 4) is 0 Å². The topological polar surface area (TPSA) is 80.4 Å². The molecule has 0 aliphatic carbocycles. The van der Waals surface area contributed by atoms with Crippen molar-refractivity contribution in [3.05, 3.63) is 36.0 Å². The third-order valence-electron chi connectivity index (χ3n) is 3.38. The van der Waals surface area contributed by atoms with E-state index in [2.05, 4.69) is 10.3 Å². The molecule has 25 heavy (non-hydrogen) atoms. The molecule has 1 amide bonds. The smallest absolute Gasteiger partial charge is 0.408 e. The lowest BCUT2D eigenvalue weighted by Gasteiger charge is -2.23. The summed E-state index contributed by atoms with van der Waals surface area (Å²) in [7, 11) is 0. The first-order chi connectivity index (χ1) is 11.6. The number of hydrogen-bond donors (Lipinski definition) is 2. The van der Waals surface area contributed by atoms with Gasteiger partial charge in [0.2, 0.25) is 0 Å². The van der Waals surface area contributed by atoms with Gasteiger partial charge in [0.15, 0.2) is 0 Å². The SMILES string of the molecule is CC(C)OC(=O)[C@@H](Cc1ccc2[nH]ccc2c1)NC(=O)OC(C)(C)C. The summed E-state index contributed by atoms with van der Waals surface area (Å²) in [4.78, 5) is 27.6. The van der Waals surface area contributed by atoms with E-state index < -0.39 is 23.7 Å². The van der Waals surface area contributed by atoms with Crippen molar-refractivity contribution in [2.45, 2.75) is 58.8 Å². The molecule has 0 aliphatic rings. The van der Waals surface area contributed by atoms with Gasteiger partial charge in [-0.05, 0) is 63.8 Å². The molecule has 2 rings (SSSR count). The molecule has 2 aromatic rings. The molecule has 1 atom stereocenters. The number of ether oxygens (including phenoxy) is 2. The van der Waals surface area contributed by atoms with Crippen molar-refractivity contribution in [1.29, 1.82) is 0 Å². The van der Waals surface area contributed by atoms with Gasteiger partial charge in [-0.25, -0.2) is 9.59 Å². The molecule has 0 unspecified atom stereocenters. The number of aromatic nitrogens is 1. The lowest BCUT2D eigenvalue weighted by Crippen LogP contribution is -2.46. The Morgan fingerprint density at radius 2 is 1.92 bits per heavy atom. The molecule has 1 aromatic carbocycles. The van der Waals surface area contributed by atoms with Gasteiger partial charge in [0.1, 0.15) is 11.6 Å². The van der Waals surface area contributed by atoms with Crippen molar-refractivity contribution in [2.75, 3.05) is 0 Å². The average Bonchev–Trinajstić information content (AvgIpc) is 2.91. The van der Waals surface area contributed by atoms with Crippen LogP contribution in [-0.2, 0) is 20.7 Å². The summed E-state index contributed by atoms with van der Waals surface area (Å²) in [5.74, 6) is -0.477. The fraction of sp³-hybridized carbons (Fsp3) is 0.474. The molecule has 0 spiro atoms. The largest absolute Gasteiger partial charge is 0.461 e. The number of H-pyrrole nitrogens is 1. The number of benzene rings is 1. The van der Waals surface area contributed by atoms with Crippen LogP contribution in [0.3, 0.4) is 0 Å². The number of aromatic amines is 1. The highest BCUT2D eigenvalue weighted by atomic mass is 16.6. The molecule has 6 nitrogen and oxygen atoms in total. The van der Waals surface area contributed by atoms with Crippen LogP contribution in [0, 0.1) is 0 Å². The van der Waals surface area contributed by atoms with Crippen LogP contribution in [0.1, 0.15) is 40.2 Å². The van der Waals surface area contributed by atoms with Crippen LogP contribution in [0.5, 0.6) is 0 Å². The Kier molecular flexibility index (Phi) is 5.72. The number of carbonyl (C=O) groups excluding carboxylic acids is 2. The number of fused-ring (bicyclic) bond motifs is 1. The van der Waals surface area contributed by atoms with Crippen LogP contribution in [0.25, 0.3) is 10.9 Å². The number of hydrogen-bond acceptors (Lipinski definition) is 4. The minimum Gasteiger partial charge on any atom is -0.461 e. The summed E-state index contributed by atoms with van der Waals surface area (Å²) in [5, 5.41) is 3.67. The van der Waals surface area contributed by atoms with E-state index in [0.717, 1.165) is 16.5 Å². The molecule has 136 valence electrons. The summed E-state index contributed by atoms with van der Waals surface area (Å²) in [6.07, 6.45) is 1.28. The van der Waals surface area contributed by atoms with Crippen LogP contribution in [0.2, 0.25) is 0 Å². The molecule has 0 aliphatic heterocycles. The number of esters is 1. The van der Waals surface area contributed by atoms with Gasteiger partial charge in [0, 0.05) is 18.1 Å². The highest BCUT2D eigenvalue weighted by Gasteiger charge is 2.26. The van der Waals surface area contributed by atoms with E-state index in [4.69, 9.17) is 9.47 Å². The number of nitrogens with one attached hydrogen (secondary N) is 2. The molecular formula is C19H26N2O4. The Balaban J connectivity index is 2.15. The Labute approximate surface area is 147 Å². The Bertz CT molecular complexity index is 743. The van der Waals surface area contributed by atoms with Gasteiger partial charge in [0.25, 0.3) is 0 Å². The zero-order chi connectivity index (χ0) is 18.6. The predicted octanol–water partition coefficient (Wildman–Crippen LogP) is 3.56. The fourth-order valence-corrected chi connectivity index (χ4v) is 2.42. The van der Waals surface area contributed by atoms with Gasteiger partial charge in [-0.3, -0.25) is 0 Å². The molecule has 2 N–H and O–H groups in total. The van der Waals surface area contributed by atoms with Crippen molar-refractivity contribution < 1.29 is 19.1 Å². The minimum absolute atomic E-state index is 0.261. The van der Waals surface area contributed by atoms with E-state index >= 15 is 0 Å². The quantitative estimate of drug-likeness (QED) is 0.811. The fourth-order valence-electron chi connectivity index (χ4n) is 2.42. The van der Waals surface area contributed by atoms with Crippen molar-refractivity contribution in [1.82, 2.24) is 10.3 Å². The molecule has 1 heterocycles. The average molecular weight is 346 g/mol. The lowest BCUT2D eigenvalue weighted by atomic mass is 10.0. The monoisotopic (exact) mass is 346 g/mol. The number of amides is 1. The first kappa shape index (κ1) is 18.8. The maximum Gasteiger partial charge on any atom is 0.408 e. The Hall–Kier alpha value is -2.50. The highest BCUT2D eigenvalue weighted by Crippen LogP contribution is 2.16. The van der Waals surface area contributed by atoms with Crippen molar-refractivity contribution in [3.63, 3.8) is 0 Å². The van der Waals surface area contributed by atoms with Gasteiger partial charge in [-0.15, -0.1) is 0 Å². The van der Waals surface area contributed by atoms with Crippen LogP contribution in [0.15, 0.2) is 30.5 Å². The summed E-state index contributed by atoms with van der Waals surface area (Å²) in [6.45, 7) is 8.86. The van der Waals surface area contributed by atoms with E-state index in [0.29, 0.717) is 6.42 Å². The number of rotatable bonds is 5. The number of alkyl carbamates (subject to hydrolysis) is 1. The van der Waals surface area contributed by atoms with E-state index in [1.807, 2.05) is 30.5 Å². The zero-order valence-corrected chi connectivity index (χ0v) is 15.4. The Morgan fingerprint density at radius 3 is 2.56 bits per heavy atom. The van der Waals surface area contributed by atoms with E-state index in [1.165, 1.54) is 0 Å². The summed E-state index contributed by atoms with van der Waals surface area (Å²) >= 11 is 0. The first-order valence-electron chi connectivity index (χ1n) is 8.40. The standard InChI is InChI=1S/C19H26N2O4/c1-12(2)24-17(22)16(21-18(23)25-19(3,4)5)11-13-6-7-15-14(10-13)8-9-20-15/h6-10,12,16,20H,11H2,1-5H3,(H,21,23)/t16-/m1/s1. The molecule has 6 heteroatoms. The van der Waals surface area contributed by atoms with E-state index in [1.54, 1.807) is 34.6 Å². The second kappa shape index (κ2) is 7.59. The van der Waals surface area contributed by atoms with Crippen molar-refractivity contribution >= 4 is 23.0 Å². The molecule has 0 radical (unpaired) electrons. The molecular weight excluding hydrogens is 320 g/mol. The van der Waals surface area contributed by atoms with Gasteiger partial charge in [0.05, 0.1) is 6.10 Å². The third kappa shape index (κ3) is 5.81. The van der Waals surface area contributed by atoms with Gasteiger partial charge in [-0.2, -0.15) is 0 Å². The second-order valence-corrected chi connectivity index (χ2v) is 7.29. The highest BCUT2D eigenvalue weighted by molar-refractivity contribution is 5.83. The predicted molar refractivity (Wildman–Crippen MR) is 96.4 cm³/mol. The summed E-state index contributed by atoms with van der Waals surface area (Å²) in [5.41, 5.74) is 1.31. The first-order valence-corrected chi connectivity index (χ1v) is 8.40. The number of carbonyl (C=O) groups is 2. The zero-order valence-electron chi connectivity index (χ0n) is 15.4. The molecule has 0 fully saturated rings. The summed E-state index contributed by atoms with van der Waals surface area (Å²) < 4.78 is 10.5. The molecule has 0 bridgehead atoms. The van der Waals surface area contributed by atoms with Crippen LogP contribution in [0.4, 0.5) is 4.79 Å². The van der Waals surface area contributed by atoms with Crippen molar-refractivity contribution in [2.24, 2.45) is 0 Å². The lowest BCUT2D eigenvalue weighted by molar-refractivity contribution is -0.149. The normalized spacial score (nSPS) is 12.9. The van der Waals surface area contributed by atoms with Crippen LogP contribution in [-0.4, -0.2) is 34.8 Å². The van der Waals surface area contributed by atoms with Gasteiger partial charge < -0.3 is 19.8 Å². The van der Waals surface area contributed by atoms with E-state index in [9.17, 15) is 9.59 Å². The van der Waals surface area contributed by atoms with Crippen LogP contribution >= 0.6 is 0 Å². The Morgan fingerprint density at radius 1 is 1.20 bits per heavy atom. The summed E-state index contributed by atoms with van der Waals surface area (Å²) in [6, 6.07) is 7.00. The van der Waals surface area contributed by atoms with Crippen LogP contribution < -0.4 is 5.32 Å². The minimum atomic E-state index is -0.811. The van der Waals surface area contributed by atoms with Gasteiger partial charge >= 0.3 is 12.1 Å². The van der Waals surface area contributed by atoms with E-state index in [-0.39, 0.29) is 6.10 Å².